The van der Waals surface area contributed by atoms with Gasteiger partial charge in [0, 0.05) is 25.4 Å². The summed E-state index contributed by atoms with van der Waals surface area (Å²) in [6.07, 6.45) is 5.11. The average molecular weight is 412 g/mol. The first kappa shape index (κ1) is 21.5. The van der Waals surface area contributed by atoms with Crippen molar-refractivity contribution in [3.05, 3.63) is 65.9 Å². The fourth-order valence-corrected chi connectivity index (χ4v) is 4.30. The molecule has 0 aliphatic carbocycles. The summed E-state index contributed by atoms with van der Waals surface area (Å²) in [7, 11) is 1.91. The topological polar surface area (TPSA) is 38.1 Å². The van der Waals surface area contributed by atoms with E-state index in [1.807, 2.05) is 36.0 Å². The summed E-state index contributed by atoms with van der Waals surface area (Å²) in [5, 5.41) is 5.46. The molecule has 0 bridgehead atoms. The number of likely N-dealkylation sites (tertiary alicyclic amines) is 1. The number of ketones is 1. The molecule has 0 saturated carbocycles. The van der Waals surface area contributed by atoms with E-state index in [9.17, 15) is 4.79 Å². The van der Waals surface area contributed by atoms with Crippen molar-refractivity contribution >= 4 is 29.1 Å². The van der Waals surface area contributed by atoms with Gasteiger partial charge in [-0.15, -0.1) is 12.4 Å². The van der Waals surface area contributed by atoms with Crippen LogP contribution in [-0.4, -0.2) is 40.1 Å². The third-order valence-electron chi connectivity index (χ3n) is 6.07. The first-order chi connectivity index (χ1) is 13.7. The molecule has 1 saturated heterocycles. The molecule has 4 rings (SSSR count). The number of rotatable bonds is 7. The molecule has 4 nitrogen and oxygen atoms in total. The number of aromatic nitrogens is 2. The van der Waals surface area contributed by atoms with Crippen LogP contribution in [0.5, 0.6) is 0 Å². The summed E-state index contributed by atoms with van der Waals surface area (Å²) < 4.78 is 1.81. The van der Waals surface area contributed by atoms with Gasteiger partial charge in [-0.3, -0.25) is 9.48 Å². The van der Waals surface area contributed by atoms with Crippen LogP contribution in [0.1, 0.15) is 41.7 Å². The van der Waals surface area contributed by atoms with E-state index in [2.05, 4.69) is 40.3 Å². The Bertz CT molecular complexity index is 930. The molecule has 1 aliphatic heterocycles. The molecule has 1 aromatic heterocycles. The molecule has 0 amide bonds. The largest absolute Gasteiger partial charge is 0.303 e. The second kappa shape index (κ2) is 10.0. The van der Waals surface area contributed by atoms with Gasteiger partial charge in [-0.2, -0.15) is 5.10 Å². The molecule has 29 heavy (non-hydrogen) atoms. The molecule has 0 radical (unpaired) electrons. The van der Waals surface area contributed by atoms with Gasteiger partial charge in [0.15, 0.2) is 5.78 Å². The number of benzene rings is 2. The molecule has 0 spiro atoms. The maximum absolute atomic E-state index is 12.8. The summed E-state index contributed by atoms with van der Waals surface area (Å²) in [6, 6.07) is 18.7. The molecule has 0 N–H and O–H groups in total. The van der Waals surface area contributed by atoms with Crippen LogP contribution < -0.4 is 0 Å². The van der Waals surface area contributed by atoms with Crippen molar-refractivity contribution in [2.75, 3.05) is 19.6 Å². The van der Waals surface area contributed by atoms with E-state index in [0.717, 1.165) is 43.4 Å². The molecular weight excluding hydrogens is 382 g/mol. The van der Waals surface area contributed by atoms with Crippen molar-refractivity contribution in [1.29, 1.82) is 0 Å². The summed E-state index contributed by atoms with van der Waals surface area (Å²) in [5.74, 6) is 0.843. The quantitative estimate of drug-likeness (QED) is 0.518. The normalized spacial score (nSPS) is 15.3. The highest BCUT2D eigenvalue weighted by Gasteiger charge is 2.21. The van der Waals surface area contributed by atoms with Gasteiger partial charge in [0.1, 0.15) is 5.69 Å². The molecule has 154 valence electrons. The Balaban J connectivity index is 0.00000240. The van der Waals surface area contributed by atoms with Gasteiger partial charge >= 0.3 is 0 Å². The van der Waals surface area contributed by atoms with E-state index < -0.39 is 0 Å². The first-order valence-corrected chi connectivity index (χ1v) is 10.4. The minimum absolute atomic E-state index is 0. The molecule has 0 atom stereocenters. The number of fused-ring (bicyclic) bond motifs is 1. The van der Waals surface area contributed by atoms with Crippen LogP contribution in [0.2, 0.25) is 0 Å². The van der Waals surface area contributed by atoms with Crippen LogP contribution >= 0.6 is 12.4 Å². The lowest BCUT2D eigenvalue weighted by atomic mass is 9.90. The van der Waals surface area contributed by atoms with Crippen molar-refractivity contribution in [3.63, 3.8) is 0 Å². The second-order valence-corrected chi connectivity index (χ2v) is 7.97. The number of aryl methyl sites for hydroxylation is 1. The van der Waals surface area contributed by atoms with E-state index in [0.29, 0.717) is 18.0 Å². The fraction of sp³-hybridized carbons (Fsp3) is 0.417. The third kappa shape index (κ3) is 5.26. The monoisotopic (exact) mass is 411 g/mol. The van der Waals surface area contributed by atoms with Crippen LogP contribution in [0.25, 0.3) is 10.9 Å². The molecule has 2 heterocycles. The molecule has 1 aliphatic rings. The highest BCUT2D eigenvalue weighted by molar-refractivity contribution is 6.05. The zero-order valence-electron chi connectivity index (χ0n) is 17.1. The van der Waals surface area contributed by atoms with Gasteiger partial charge in [-0.05, 0) is 56.3 Å². The van der Waals surface area contributed by atoms with E-state index in [1.54, 1.807) is 0 Å². The standard InChI is InChI=1S/C24H29N3O.ClH/c1-26-22-10-6-5-9-21(22)24(25-26)23(28)12-11-20-14-17-27(18-15-20)16-13-19-7-3-2-4-8-19;/h2-10,20H,11-18H2,1H3;1H. The molecule has 3 aromatic rings. The number of piperidine rings is 1. The van der Waals surface area contributed by atoms with Crippen LogP contribution in [0.15, 0.2) is 54.6 Å². The van der Waals surface area contributed by atoms with Crippen molar-refractivity contribution in [3.8, 4) is 0 Å². The summed E-state index contributed by atoms with van der Waals surface area (Å²) >= 11 is 0. The van der Waals surface area contributed by atoms with Crippen LogP contribution in [0, 0.1) is 5.92 Å². The molecule has 2 aromatic carbocycles. The average Bonchev–Trinajstić information content (AvgIpc) is 3.09. The highest BCUT2D eigenvalue weighted by atomic mass is 35.5. The predicted octanol–water partition coefficient (Wildman–Crippen LogP) is 4.91. The zero-order valence-corrected chi connectivity index (χ0v) is 17.9. The maximum Gasteiger partial charge on any atom is 0.183 e. The van der Waals surface area contributed by atoms with Crippen LogP contribution in [-0.2, 0) is 13.5 Å². The number of carbonyl (C=O) groups excluding carboxylic acids is 1. The number of Topliss-reactive ketones (excluding diaryl/α,β-unsaturated/α-hetero) is 1. The molecule has 1 fully saturated rings. The number of nitrogens with zero attached hydrogens (tertiary/aromatic N) is 3. The molecular formula is C24H30ClN3O. The van der Waals surface area contributed by atoms with Gasteiger partial charge in [-0.25, -0.2) is 0 Å². The zero-order chi connectivity index (χ0) is 19.3. The van der Waals surface area contributed by atoms with Crippen LogP contribution in [0.3, 0.4) is 0 Å². The van der Waals surface area contributed by atoms with E-state index >= 15 is 0 Å². The Morgan fingerprint density at radius 3 is 2.48 bits per heavy atom. The van der Waals surface area contributed by atoms with E-state index in [4.69, 9.17) is 0 Å². The molecule has 0 unspecified atom stereocenters. The number of hydrogen-bond donors (Lipinski definition) is 0. The van der Waals surface area contributed by atoms with Gasteiger partial charge in [0.25, 0.3) is 0 Å². The van der Waals surface area contributed by atoms with Crippen molar-refractivity contribution in [1.82, 2.24) is 14.7 Å². The van der Waals surface area contributed by atoms with Crippen molar-refractivity contribution in [2.45, 2.75) is 32.1 Å². The maximum atomic E-state index is 12.8. The third-order valence-corrected chi connectivity index (χ3v) is 6.07. The van der Waals surface area contributed by atoms with Gasteiger partial charge in [0.05, 0.1) is 5.52 Å². The van der Waals surface area contributed by atoms with Gasteiger partial charge in [-0.1, -0.05) is 48.5 Å². The van der Waals surface area contributed by atoms with Crippen LogP contribution in [0.4, 0.5) is 0 Å². The van der Waals surface area contributed by atoms with E-state index in [1.165, 1.54) is 18.4 Å². The summed E-state index contributed by atoms with van der Waals surface area (Å²) in [5.41, 5.74) is 3.08. The Morgan fingerprint density at radius 2 is 1.72 bits per heavy atom. The lowest BCUT2D eigenvalue weighted by Gasteiger charge is -2.31. The molecule has 5 heteroatoms. The fourth-order valence-electron chi connectivity index (χ4n) is 4.30. The minimum atomic E-state index is 0. The number of carbonyl (C=O) groups is 1. The van der Waals surface area contributed by atoms with Crippen molar-refractivity contribution < 1.29 is 4.79 Å². The smallest absolute Gasteiger partial charge is 0.183 e. The Morgan fingerprint density at radius 1 is 1.03 bits per heavy atom. The minimum Gasteiger partial charge on any atom is -0.303 e. The predicted molar refractivity (Wildman–Crippen MR) is 121 cm³/mol. The van der Waals surface area contributed by atoms with Crippen molar-refractivity contribution in [2.24, 2.45) is 13.0 Å². The number of hydrogen-bond acceptors (Lipinski definition) is 3. The lowest BCUT2D eigenvalue weighted by Crippen LogP contribution is -2.35. The number of para-hydroxylation sites is 1. The Kier molecular flexibility index (Phi) is 7.45. The Labute approximate surface area is 179 Å². The van der Waals surface area contributed by atoms with Gasteiger partial charge < -0.3 is 4.90 Å². The number of halogens is 1. The highest BCUT2D eigenvalue weighted by Crippen LogP contribution is 2.25. The summed E-state index contributed by atoms with van der Waals surface area (Å²) in [4.78, 5) is 15.3. The second-order valence-electron chi connectivity index (χ2n) is 7.97. The lowest BCUT2D eigenvalue weighted by molar-refractivity contribution is 0.0958. The van der Waals surface area contributed by atoms with E-state index in [-0.39, 0.29) is 18.2 Å². The first-order valence-electron chi connectivity index (χ1n) is 10.4. The Hall–Kier alpha value is -2.17. The SMILES string of the molecule is Cl.Cn1nc(C(=O)CCC2CCN(CCc3ccccc3)CC2)c2ccccc21. The van der Waals surface area contributed by atoms with Gasteiger partial charge in [0.2, 0.25) is 0 Å². The summed E-state index contributed by atoms with van der Waals surface area (Å²) in [6.45, 7) is 3.44.